The molecule has 0 amide bonds. The highest BCUT2D eigenvalue weighted by Crippen LogP contribution is 2.28. The Bertz CT molecular complexity index is 411. The molecule has 2 nitrogen and oxygen atoms in total. The summed E-state index contributed by atoms with van der Waals surface area (Å²) in [5, 5.41) is 0.697. The van der Waals surface area contributed by atoms with Crippen LogP contribution < -0.4 is 4.90 Å². The van der Waals surface area contributed by atoms with Crippen LogP contribution in [0.4, 0.5) is 10.1 Å². The van der Waals surface area contributed by atoms with Crippen LogP contribution in [0.15, 0.2) is 18.2 Å². The Labute approximate surface area is 117 Å². The highest BCUT2D eigenvalue weighted by atomic mass is 79.9. The first kappa shape index (κ1) is 13.8. The first-order valence-corrected chi connectivity index (χ1v) is 7.61. The maximum absolute atomic E-state index is 14.1. The summed E-state index contributed by atoms with van der Waals surface area (Å²) < 4.78 is 14.1. The van der Waals surface area contributed by atoms with E-state index in [4.69, 9.17) is 0 Å². The van der Waals surface area contributed by atoms with E-state index in [2.05, 4.69) is 39.6 Å². The third kappa shape index (κ3) is 2.69. The fourth-order valence-electron chi connectivity index (χ4n) is 2.69. The molecule has 1 heterocycles. The SMILES string of the molecule is CCN1CCN(c2c(F)cccc2CBr)CC1C. The molecule has 1 aliphatic heterocycles. The van der Waals surface area contributed by atoms with Gasteiger partial charge in [0.05, 0.1) is 5.69 Å². The van der Waals surface area contributed by atoms with Crippen molar-refractivity contribution in [3.05, 3.63) is 29.6 Å². The number of piperazine rings is 1. The molecule has 1 atom stereocenters. The number of rotatable bonds is 3. The minimum absolute atomic E-state index is 0.107. The lowest BCUT2D eigenvalue weighted by molar-refractivity contribution is 0.199. The topological polar surface area (TPSA) is 6.48 Å². The van der Waals surface area contributed by atoms with E-state index in [-0.39, 0.29) is 5.82 Å². The van der Waals surface area contributed by atoms with Gasteiger partial charge in [-0.2, -0.15) is 0 Å². The van der Waals surface area contributed by atoms with Crippen LogP contribution in [-0.2, 0) is 5.33 Å². The summed E-state index contributed by atoms with van der Waals surface area (Å²) in [4.78, 5) is 4.62. The maximum Gasteiger partial charge on any atom is 0.146 e. The summed E-state index contributed by atoms with van der Waals surface area (Å²) in [6.45, 7) is 8.27. The number of halogens is 2. The van der Waals surface area contributed by atoms with Gasteiger partial charge in [-0.1, -0.05) is 35.0 Å². The molecular formula is C14H20BrFN2. The van der Waals surface area contributed by atoms with Gasteiger partial charge in [-0.25, -0.2) is 4.39 Å². The van der Waals surface area contributed by atoms with Gasteiger partial charge in [0.1, 0.15) is 5.82 Å². The molecule has 1 aliphatic rings. The van der Waals surface area contributed by atoms with Crippen LogP contribution in [0.2, 0.25) is 0 Å². The number of alkyl halides is 1. The van der Waals surface area contributed by atoms with E-state index < -0.39 is 0 Å². The van der Waals surface area contributed by atoms with Crippen LogP contribution in [0.1, 0.15) is 19.4 Å². The molecule has 18 heavy (non-hydrogen) atoms. The van der Waals surface area contributed by atoms with Crippen LogP contribution in [0.5, 0.6) is 0 Å². The van der Waals surface area contributed by atoms with Crippen molar-refractivity contribution in [1.82, 2.24) is 4.90 Å². The van der Waals surface area contributed by atoms with Gasteiger partial charge >= 0.3 is 0 Å². The lowest BCUT2D eigenvalue weighted by Crippen LogP contribution is -2.52. The summed E-state index contributed by atoms with van der Waals surface area (Å²) in [6.07, 6.45) is 0. The zero-order valence-electron chi connectivity index (χ0n) is 11.0. The lowest BCUT2D eigenvalue weighted by Gasteiger charge is -2.41. The Morgan fingerprint density at radius 2 is 2.17 bits per heavy atom. The van der Waals surface area contributed by atoms with E-state index in [0.29, 0.717) is 11.4 Å². The highest BCUT2D eigenvalue weighted by Gasteiger charge is 2.25. The number of anilines is 1. The third-order valence-corrected chi connectivity index (χ3v) is 4.31. The van der Waals surface area contributed by atoms with Gasteiger partial charge in [-0.05, 0) is 25.1 Å². The normalized spacial score (nSPS) is 21.3. The number of likely N-dealkylation sites (N-methyl/N-ethyl adjacent to an activating group) is 1. The second kappa shape index (κ2) is 6.02. The average molecular weight is 315 g/mol. The summed E-state index contributed by atoms with van der Waals surface area (Å²) in [6, 6.07) is 5.80. The van der Waals surface area contributed by atoms with Gasteiger partial charge in [0.25, 0.3) is 0 Å². The average Bonchev–Trinajstić information content (AvgIpc) is 2.38. The first-order valence-electron chi connectivity index (χ1n) is 6.49. The Morgan fingerprint density at radius 3 is 2.78 bits per heavy atom. The molecule has 1 aromatic carbocycles. The van der Waals surface area contributed by atoms with Crippen molar-refractivity contribution < 1.29 is 4.39 Å². The Balaban J connectivity index is 2.23. The van der Waals surface area contributed by atoms with Crippen LogP contribution in [0.25, 0.3) is 0 Å². The summed E-state index contributed by atoms with van der Waals surface area (Å²) in [5.41, 5.74) is 1.81. The fraction of sp³-hybridized carbons (Fsp3) is 0.571. The molecule has 0 bridgehead atoms. The van der Waals surface area contributed by atoms with E-state index >= 15 is 0 Å². The van der Waals surface area contributed by atoms with E-state index in [1.165, 1.54) is 0 Å². The van der Waals surface area contributed by atoms with Crippen molar-refractivity contribution in [2.45, 2.75) is 25.2 Å². The Kier molecular flexibility index (Phi) is 4.62. The van der Waals surface area contributed by atoms with Crippen LogP contribution in [0, 0.1) is 5.82 Å². The summed E-state index contributed by atoms with van der Waals surface area (Å²) in [5.74, 6) is -0.107. The van der Waals surface area contributed by atoms with Crippen LogP contribution in [-0.4, -0.2) is 37.1 Å². The zero-order valence-corrected chi connectivity index (χ0v) is 12.6. The highest BCUT2D eigenvalue weighted by molar-refractivity contribution is 9.08. The molecule has 4 heteroatoms. The number of hydrogen-bond donors (Lipinski definition) is 0. The van der Waals surface area contributed by atoms with Gasteiger partial charge in [0, 0.05) is 31.0 Å². The van der Waals surface area contributed by atoms with Crippen LogP contribution >= 0.6 is 15.9 Å². The second-order valence-electron chi connectivity index (χ2n) is 4.80. The number of para-hydroxylation sites is 1. The van der Waals surface area contributed by atoms with Crippen molar-refractivity contribution in [2.75, 3.05) is 31.1 Å². The van der Waals surface area contributed by atoms with E-state index in [1.807, 2.05) is 6.07 Å². The standard InChI is InChI=1S/C14H20BrFN2/c1-3-17-7-8-18(10-11(17)2)14-12(9-15)5-4-6-13(14)16/h4-6,11H,3,7-10H2,1-2H3. The third-order valence-electron chi connectivity index (χ3n) is 3.70. The fourth-order valence-corrected chi connectivity index (χ4v) is 3.14. The molecule has 0 spiro atoms. The lowest BCUT2D eigenvalue weighted by atomic mass is 10.1. The van der Waals surface area contributed by atoms with Crippen molar-refractivity contribution in [3.63, 3.8) is 0 Å². The van der Waals surface area contributed by atoms with Gasteiger partial charge in [0.2, 0.25) is 0 Å². The molecule has 100 valence electrons. The van der Waals surface area contributed by atoms with Crippen LogP contribution in [0.3, 0.4) is 0 Å². The predicted octanol–water partition coefficient (Wildman–Crippen LogP) is 3.25. The van der Waals surface area contributed by atoms with E-state index in [9.17, 15) is 4.39 Å². The van der Waals surface area contributed by atoms with Crippen molar-refractivity contribution >= 4 is 21.6 Å². The predicted molar refractivity (Wildman–Crippen MR) is 78.0 cm³/mol. The molecule has 0 saturated carbocycles. The molecular weight excluding hydrogens is 295 g/mol. The van der Waals surface area contributed by atoms with Gasteiger partial charge in [0.15, 0.2) is 0 Å². The van der Waals surface area contributed by atoms with Gasteiger partial charge < -0.3 is 4.90 Å². The molecule has 1 saturated heterocycles. The minimum Gasteiger partial charge on any atom is -0.366 e. The van der Waals surface area contributed by atoms with E-state index in [1.54, 1.807) is 12.1 Å². The first-order chi connectivity index (χ1) is 8.67. The largest absolute Gasteiger partial charge is 0.366 e. The van der Waals surface area contributed by atoms with E-state index in [0.717, 1.165) is 37.4 Å². The summed E-state index contributed by atoms with van der Waals surface area (Å²) in [7, 11) is 0. The molecule has 0 radical (unpaired) electrons. The quantitative estimate of drug-likeness (QED) is 0.790. The molecule has 0 aromatic heterocycles. The minimum atomic E-state index is -0.107. The monoisotopic (exact) mass is 314 g/mol. The molecule has 2 rings (SSSR count). The molecule has 0 aliphatic carbocycles. The number of benzene rings is 1. The Morgan fingerprint density at radius 1 is 1.39 bits per heavy atom. The van der Waals surface area contributed by atoms with Crippen molar-refractivity contribution in [2.24, 2.45) is 0 Å². The van der Waals surface area contributed by atoms with Crippen molar-refractivity contribution in [1.29, 1.82) is 0 Å². The van der Waals surface area contributed by atoms with Crippen molar-refractivity contribution in [3.8, 4) is 0 Å². The number of nitrogens with zero attached hydrogens (tertiary/aromatic N) is 2. The molecule has 1 aromatic rings. The second-order valence-corrected chi connectivity index (χ2v) is 5.37. The van der Waals surface area contributed by atoms with Gasteiger partial charge in [-0.3, -0.25) is 4.90 Å². The molecule has 1 fully saturated rings. The Hall–Kier alpha value is -0.610. The number of hydrogen-bond acceptors (Lipinski definition) is 2. The molecule has 0 N–H and O–H groups in total. The zero-order chi connectivity index (χ0) is 13.1. The smallest absolute Gasteiger partial charge is 0.146 e. The molecule has 1 unspecified atom stereocenters. The summed E-state index contributed by atoms with van der Waals surface area (Å²) >= 11 is 3.45. The van der Waals surface area contributed by atoms with Gasteiger partial charge in [-0.15, -0.1) is 0 Å². The maximum atomic E-state index is 14.1.